The first-order chi connectivity index (χ1) is 34.7. The molecule has 4 aliphatic heterocycles. The van der Waals surface area contributed by atoms with Crippen molar-refractivity contribution in [3.05, 3.63) is 110 Å². The number of fused-ring (bicyclic) bond motifs is 2. The van der Waals surface area contributed by atoms with Crippen LogP contribution in [0.25, 0.3) is 11.3 Å². The number of likely N-dealkylation sites (tertiary alicyclic amines) is 2. The highest BCUT2D eigenvalue weighted by Gasteiger charge is 2.35. The maximum Gasteiger partial charge on any atom is 0.256 e. The zero-order chi connectivity index (χ0) is 52.4. The minimum absolute atomic E-state index is 0. The van der Waals surface area contributed by atoms with Gasteiger partial charge in [0.05, 0.1) is 58.5 Å². The van der Waals surface area contributed by atoms with Gasteiger partial charge in [-0.05, 0) is 88.8 Å². The van der Waals surface area contributed by atoms with Crippen molar-refractivity contribution in [1.29, 1.82) is 0 Å². The molecule has 5 N–H and O–H groups in total. The molecule has 2 amide bonds. The summed E-state index contributed by atoms with van der Waals surface area (Å²) in [6, 6.07) is 12.3. The molecule has 4 aliphatic rings. The number of hydrogen-bond donors (Lipinski definition) is 5. The highest BCUT2D eigenvalue weighted by molar-refractivity contribution is 7.92. The number of aliphatic hydroxyl groups excluding tert-OH is 2. The molecule has 0 aliphatic carbocycles. The van der Waals surface area contributed by atoms with Crippen LogP contribution in [0.1, 0.15) is 101 Å². The van der Waals surface area contributed by atoms with Gasteiger partial charge in [-0.1, -0.05) is 42.2 Å². The fraction of sp³-hybridized carbons (Fsp3) is 0.469. The maximum atomic E-state index is 13.7. The molecule has 4 aromatic heterocycles. The van der Waals surface area contributed by atoms with Gasteiger partial charge in [0.15, 0.2) is 11.3 Å². The van der Waals surface area contributed by atoms with E-state index in [9.17, 15) is 31.5 Å². The zero-order valence-corrected chi connectivity index (χ0v) is 45.9. The molecule has 6 aromatic rings. The number of halogens is 4. The van der Waals surface area contributed by atoms with E-state index < -0.39 is 20.0 Å². The summed E-state index contributed by atoms with van der Waals surface area (Å²) >= 11 is 18.4. The van der Waals surface area contributed by atoms with Crippen LogP contribution in [0.5, 0.6) is 0 Å². The number of sulfonamides is 2. The van der Waals surface area contributed by atoms with Crippen molar-refractivity contribution < 1.29 is 36.6 Å². The van der Waals surface area contributed by atoms with Gasteiger partial charge in [-0.2, -0.15) is 10.2 Å². The number of aromatic nitrogens is 6. The van der Waals surface area contributed by atoms with Gasteiger partial charge in [0.2, 0.25) is 20.0 Å². The van der Waals surface area contributed by atoms with Gasteiger partial charge in [-0.15, -0.1) is 12.4 Å². The Labute approximate surface area is 458 Å². The van der Waals surface area contributed by atoms with Crippen LogP contribution in [0.15, 0.2) is 60.9 Å². The number of piperidine rings is 2. The fourth-order valence-corrected chi connectivity index (χ4v) is 10.9. The van der Waals surface area contributed by atoms with E-state index in [4.69, 9.17) is 50.0 Å². The van der Waals surface area contributed by atoms with E-state index in [2.05, 4.69) is 29.7 Å². The molecule has 0 bridgehead atoms. The Morgan fingerprint density at radius 1 is 0.680 bits per heavy atom. The lowest BCUT2D eigenvalue weighted by Crippen LogP contribution is -2.49. The normalized spacial score (nSPS) is 18.1. The molecule has 0 saturated carbocycles. The van der Waals surface area contributed by atoms with Crippen LogP contribution in [-0.2, 0) is 20.0 Å². The van der Waals surface area contributed by atoms with Crippen LogP contribution in [0.2, 0.25) is 15.2 Å². The average molecular weight is 1160 g/mol. The molecular formula is C49H64Cl4N12O8S2. The molecule has 8 heterocycles. The third kappa shape index (κ3) is 14.3. The van der Waals surface area contributed by atoms with E-state index in [1.54, 1.807) is 37.2 Å². The van der Waals surface area contributed by atoms with Crippen molar-refractivity contribution in [1.82, 2.24) is 44.3 Å². The van der Waals surface area contributed by atoms with Crippen molar-refractivity contribution in [2.45, 2.75) is 71.9 Å². The summed E-state index contributed by atoms with van der Waals surface area (Å²) in [6.07, 6.45) is 10.9. The summed E-state index contributed by atoms with van der Waals surface area (Å²) < 4.78 is 55.6. The Bertz CT molecular complexity index is 3200. The van der Waals surface area contributed by atoms with Crippen molar-refractivity contribution >= 4 is 108 Å². The third-order valence-corrected chi connectivity index (χ3v) is 15.1. The van der Waals surface area contributed by atoms with Crippen LogP contribution >= 0.6 is 47.2 Å². The lowest BCUT2D eigenvalue weighted by molar-refractivity contribution is 0.0600. The summed E-state index contributed by atoms with van der Waals surface area (Å²) in [5, 5.41) is 31.2. The van der Waals surface area contributed by atoms with Gasteiger partial charge in [-0.25, -0.2) is 35.8 Å². The van der Waals surface area contributed by atoms with Crippen molar-refractivity contribution in [3.8, 4) is 0 Å². The van der Waals surface area contributed by atoms with Crippen LogP contribution < -0.4 is 19.7 Å². The lowest BCUT2D eigenvalue weighted by Gasteiger charge is -2.39. The number of nitrogens with zero attached hydrogens (tertiary/aromatic N) is 9. The molecule has 0 radical (unpaired) electrons. The summed E-state index contributed by atoms with van der Waals surface area (Å²) in [4.78, 5) is 42.0. The Hall–Kier alpha value is -5.04. The Morgan fingerprint density at radius 2 is 1.13 bits per heavy atom. The number of nitrogens with one attached hydrogen (secondary N) is 3. The SMILES string of the molecule is C.Cc1cn2nc([C@@H]3CCCCN3C(=O)c3cc(Cl)ccc3NS(C)(=O)=O)cc2nc1Cl.Cc1cn2nc([C@@H]3CCCCN3C(=O)c3cc(Cl)ccc3NS(C)(=O)=O)cc2nc1N1CC(CO)C1.Cl.OCC1CNC1. The lowest BCUT2D eigenvalue weighted by atomic mass is 9.98. The Kier molecular flexibility index (Phi) is 19.7. The Balaban J connectivity index is 0.000000215. The van der Waals surface area contributed by atoms with Crippen LogP contribution in [0.4, 0.5) is 17.2 Å². The minimum atomic E-state index is -3.58. The molecule has 4 saturated heterocycles. The fourth-order valence-electron chi connectivity index (χ4n) is 9.25. The first-order valence-electron chi connectivity index (χ1n) is 23.9. The van der Waals surface area contributed by atoms with Gasteiger partial charge in [0.25, 0.3) is 11.8 Å². The molecule has 2 aromatic carbocycles. The number of carbonyl (C=O) groups excluding carboxylic acids is 2. The molecule has 0 spiro atoms. The quantitative estimate of drug-likeness (QED) is 0.0806. The number of benzene rings is 2. The number of rotatable bonds is 11. The predicted molar refractivity (Wildman–Crippen MR) is 296 cm³/mol. The molecule has 10 rings (SSSR count). The largest absolute Gasteiger partial charge is 0.396 e. The molecular weight excluding hydrogens is 1090 g/mol. The number of hydrogen-bond acceptors (Lipinski definition) is 14. The van der Waals surface area contributed by atoms with Crippen molar-refractivity contribution in [2.75, 3.05) is 79.3 Å². The highest BCUT2D eigenvalue weighted by Crippen LogP contribution is 2.37. The van der Waals surface area contributed by atoms with Crippen molar-refractivity contribution in [2.24, 2.45) is 11.8 Å². The molecule has 26 heteroatoms. The molecule has 75 heavy (non-hydrogen) atoms. The molecule has 20 nitrogen and oxygen atoms in total. The van der Waals surface area contributed by atoms with Crippen LogP contribution in [0.3, 0.4) is 0 Å². The van der Waals surface area contributed by atoms with Gasteiger partial charge in [0, 0.05) is 110 Å². The van der Waals surface area contributed by atoms with Gasteiger partial charge in [0.1, 0.15) is 11.0 Å². The van der Waals surface area contributed by atoms with Gasteiger partial charge >= 0.3 is 0 Å². The second-order valence-electron chi connectivity index (χ2n) is 19.0. The van der Waals surface area contributed by atoms with Gasteiger partial charge < -0.3 is 30.2 Å². The van der Waals surface area contributed by atoms with E-state index >= 15 is 0 Å². The number of carbonyl (C=O) groups is 2. The van der Waals surface area contributed by atoms with Crippen molar-refractivity contribution in [3.63, 3.8) is 0 Å². The van der Waals surface area contributed by atoms with Gasteiger partial charge in [-0.3, -0.25) is 19.0 Å². The zero-order valence-electron chi connectivity index (χ0n) is 41.2. The first-order valence-corrected chi connectivity index (χ1v) is 28.8. The molecule has 4 fully saturated rings. The first kappa shape index (κ1) is 59.2. The summed E-state index contributed by atoms with van der Waals surface area (Å²) in [5.41, 5.74) is 5.33. The van der Waals surface area contributed by atoms with Crippen LogP contribution in [0, 0.1) is 25.7 Å². The van der Waals surface area contributed by atoms with E-state index in [-0.39, 0.29) is 78.8 Å². The van der Waals surface area contributed by atoms with E-state index in [1.165, 1.54) is 24.3 Å². The monoisotopic (exact) mass is 1150 g/mol. The molecule has 0 unspecified atom stereocenters. The summed E-state index contributed by atoms with van der Waals surface area (Å²) in [5.74, 6) is 1.11. The number of anilines is 3. The molecule has 2 atom stereocenters. The standard InChI is InChI=1S/C24H29ClN6O4S.C20H21Cl2N5O3S.C4H9NO.CH4.ClH/c1-15-11-31-22(26-23(15)29-12-16(13-29)14-32)10-20(27-31)21-5-3-4-8-30(21)24(33)18-9-17(25)6-7-19(18)28-36(2,34)35;1-12-11-27-18(23-19(12)22)10-16(24-27)17-5-3-4-8-26(17)20(28)14-9-13(21)6-7-15(14)25-31(2,29)30;6-3-4-1-5-2-4;;/h6-7,9-11,16,21,28,32H,3-5,8,12-14H2,1-2H3;6-7,9-11,17,25H,3-5,8H2,1-2H3;4-6H,1-3H2;1H4;1H/t21-;17-;;;/m00.../s1. The number of amides is 2. The Morgan fingerprint density at radius 3 is 1.55 bits per heavy atom. The van der Waals surface area contributed by atoms with E-state index in [0.29, 0.717) is 57.8 Å². The van der Waals surface area contributed by atoms with E-state index in [1.807, 2.05) is 32.2 Å². The second-order valence-corrected chi connectivity index (χ2v) is 23.7. The highest BCUT2D eigenvalue weighted by atomic mass is 35.5. The van der Waals surface area contributed by atoms with Crippen LogP contribution in [-0.4, -0.2) is 143 Å². The van der Waals surface area contributed by atoms with E-state index in [0.717, 1.165) is 99.9 Å². The minimum Gasteiger partial charge on any atom is -0.396 e. The number of aliphatic hydroxyl groups is 2. The third-order valence-electron chi connectivity index (χ3n) is 13.1. The predicted octanol–water partition coefficient (Wildman–Crippen LogP) is 7.20. The number of aryl methyl sites for hydroxylation is 2. The summed E-state index contributed by atoms with van der Waals surface area (Å²) in [7, 11) is -7.15. The topological polar surface area (TPSA) is 249 Å². The average Bonchev–Trinajstić information content (AvgIpc) is 3.92. The summed E-state index contributed by atoms with van der Waals surface area (Å²) in [6.45, 7) is 8.98. The maximum absolute atomic E-state index is 13.7. The molecule has 408 valence electrons. The smallest absolute Gasteiger partial charge is 0.256 e. The second kappa shape index (κ2) is 25.0.